The number of carbonyl (C=O) groups is 2. The quantitative estimate of drug-likeness (QED) is 0.727. The molecule has 3 aliphatic rings. The first-order valence-electron chi connectivity index (χ1n) is 10.4. The molecule has 0 spiro atoms. The highest BCUT2D eigenvalue weighted by Crippen LogP contribution is 2.38. The third kappa shape index (κ3) is 3.21. The highest BCUT2D eigenvalue weighted by Gasteiger charge is 2.47. The van der Waals surface area contributed by atoms with Crippen molar-refractivity contribution in [1.29, 1.82) is 0 Å². The number of aromatic hydroxyl groups is 1. The van der Waals surface area contributed by atoms with E-state index in [-0.39, 0.29) is 24.4 Å². The molecule has 2 bridgehead atoms. The summed E-state index contributed by atoms with van der Waals surface area (Å²) < 4.78 is 48.0. The third-order valence-electron chi connectivity index (χ3n) is 6.46. The number of carbonyl (C=O) groups excluding carboxylic acids is 2. The first-order chi connectivity index (χ1) is 15.2. The van der Waals surface area contributed by atoms with Crippen LogP contribution in [-0.4, -0.2) is 44.6 Å². The molecule has 1 aromatic carbocycles. The van der Waals surface area contributed by atoms with Gasteiger partial charge in [-0.05, 0) is 25.7 Å². The first kappa shape index (κ1) is 20.7. The van der Waals surface area contributed by atoms with E-state index in [2.05, 4.69) is 0 Å². The average molecular weight is 448 g/mol. The predicted octanol–water partition coefficient (Wildman–Crippen LogP) is 2.52. The van der Waals surface area contributed by atoms with Crippen molar-refractivity contribution in [2.24, 2.45) is 0 Å². The topological polar surface area (TPSA) is 88.8 Å². The molecule has 2 fully saturated rings. The Labute approximate surface area is 180 Å². The van der Waals surface area contributed by atoms with Crippen LogP contribution in [0.15, 0.2) is 23.1 Å². The lowest BCUT2D eigenvalue weighted by atomic mass is 10.0. The van der Waals surface area contributed by atoms with Gasteiger partial charge in [0, 0.05) is 36.4 Å². The van der Waals surface area contributed by atoms with Crippen molar-refractivity contribution < 1.29 is 32.6 Å². The van der Waals surface area contributed by atoms with Crippen molar-refractivity contribution in [1.82, 2.24) is 9.47 Å². The summed E-state index contributed by atoms with van der Waals surface area (Å²) in [6, 6.07) is 1.00. The van der Waals surface area contributed by atoms with Gasteiger partial charge < -0.3 is 19.3 Å². The zero-order valence-electron chi connectivity index (χ0n) is 16.8. The van der Waals surface area contributed by atoms with Crippen LogP contribution in [0, 0.1) is 17.5 Å². The Morgan fingerprint density at radius 1 is 1.16 bits per heavy atom. The maximum absolute atomic E-state index is 13.8. The molecule has 1 saturated carbocycles. The van der Waals surface area contributed by atoms with Gasteiger partial charge in [-0.1, -0.05) is 0 Å². The smallest absolute Gasteiger partial charge is 0.276 e. The number of nitrogens with zero attached hydrogens (tertiary/aromatic N) is 2. The number of ketones is 1. The maximum atomic E-state index is 13.8. The van der Waals surface area contributed by atoms with Crippen LogP contribution in [0.4, 0.5) is 13.2 Å². The van der Waals surface area contributed by atoms with Crippen LogP contribution < -0.4 is 5.43 Å². The minimum atomic E-state index is -1.13. The number of fused-ring (bicyclic) bond motifs is 5. The van der Waals surface area contributed by atoms with Gasteiger partial charge >= 0.3 is 0 Å². The largest absolute Gasteiger partial charge is 0.503 e. The second-order valence-electron chi connectivity index (χ2n) is 8.38. The Hall–Kier alpha value is -3.14. The summed E-state index contributed by atoms with van der Waals surface area (Å²) >= 11 is 0. The van der Waals surface area contributed by atoms with Crippen LogP contribution in [0.5, 0.6) is 5.75 Å². The summed E-state index contributed by atoms with van der Waals surface area (Å²) in [5.74, 6) is -5.47. The van der Waals surface area contributed by atoms with E-state index < -0.39 is 70.5 Å². The lowest BCUT2D eigenvalue weighted by Gasteiger charge is -2.44. The van der Waals surface area contributed by atoms with Gasteiger partial charge in [0.2, 0.25) is 5.43 Å². The molecule has 3 heterocycles. The van der Waals surface area contributed by atoms with Gasteiger partial charge in [-0.15, -0.1) is 0 Å². The molecule has 2 aliphatic heterocycles. The Morgan fingerprint density at radius 3 is 2.59 bits per heavy atom. The van der Waals surface area contributed by atoms with Crippen LogP contribution in [0.2, 0.25) is 0 Å². The van der Waals surface area contributed by atoms with Crippen molar-refractivity contribution in [2.45, 2.75) is 57.0 Å². The van der Waals surface area contributed by atoms with Crippen LogP contribution in [0.1, 0.15) is 52.1 Å². The number of hydrogen-bond acceptors (Lipinski definition) is 5. The minimum Gasteiger partial charge on any atom is -0.503 e. The molecule has 5 rings (SSSR count). The fourth-order valence-electron chi connectivity index (χ4n) is 4.94. The number of hydrogen-bond donors (Lipinski definition) is 1. The molecular weight excluding hydrogens is 429 g/mol. The molecule has 1 aliphatic carbocycles. The molecule has 7 nitrogen and oxygen atoms in total. The van der Waals surface area contributed by atoms with E-state index in [9.17, 15) is 32.7 Å². The number of aromatic nitrogens is 1. The van der Waals surface area contributed by atoms with E-state index in [0.717, 1.165) is 12.8 Å². The monoisotopic (exact) mass is 448 g/mol. The summed E-state index contributed by atoms with van der Waals surface area (Å²) in [5.41, 5.74) is -2.09. The van der Waals surface area contributed by atoms with Gasteiger partial charge in [0.15, 0.2) is 23.5 Å². The highest BCUT2D eigenvalue weighted by atomic mass is 19.1. The third-order valence-corrected chi connectivity index (χ3v) is 6.46. The lowest BCUT2D eigenvalue weighted by Crippen LogP contribution is -2.57. The van der Waals surface area contributed by atoms with E-state index >= 15 is 0 Å². The number of ether oxygens (including phenoxy) is 1. The molecule has 1 aromatic heterocycles. The van der Waals surface area contributed by atoms with Gasteiger partial charge in [0.1, 0.15) is 17.5 Å². The SMILES string of the molecule is O=C(CCc1c(F)cc(F)cc1F)c1cn2c(c(O)c1=O)C(=O)N1C(C2)O[C@@H]2CC[C@H]1C2. The zero-order valence-corrected chi connectivity index (χ0v) is 16.8. The molecule has 3 atom stereocenters. The van der Waals surface area contributed by atoms with Gasteiger partial charge in [-0.25, -0.2) is 13.2 Å². The summed E-state index contributed by atoms with van der Waals surface area (Å²) in [6.07, 6.45) is 2.14. The molecular formula is C22H19F3N2O5. The summed E-state index contributed by atoms with van der Waals surface area (Å²) in [5, 5.41) is 10.5. The van der Waals surface area contributed by atoms with Crippen molar-refractivity contribution in [2.75, 3.05) is 0 Å². The lowest BCUT2D eigenvalue weighted by molar-refractivity contribution is -0.132. The summed E-state index contributed by atoms with van der Waals surface area (Å²) in [7, 11) is 0. The number of Topliss-reactive ketones (excluding diaryl/α,β-unsaturated/α-hetero) is 1. The Morgan fingerprint density at radius 2 is 1.88 bits per heavy atom. The average Bonchev–Trinajstić information content (AvgIpc) is 3.10. The number of benzene rings is 1. The first-order valence-corrected chi connectivity index (χ1v) is 10.4. The Balaban J connectivity index is 1.44. The normalized spacial score (nSPS) is 23.8. The summed E-state index contributed by atoms with van der Waals surface area (Å²) in [4.78, 5) is 39.9. The molecule has 2 aromatic rings. The van der Waals surface area contributed by atoms with Crippen LogP contribution in [-0.2, 0) is 17.7 Å². The number of pyridine rings is 1. The summed E-state index contributed by atoms with van der Waals surface area (Å²) in [6.45, 7) is 0.142. The van der Waals surface area contributed by atoms with Crippen LogP contribution in [0.3, 0.4) is 0 Å². The van der Waals surface area contributed by atoms with E-state index in [1.165, 1.54) is 10.8 Å². The van der Waals surface area contributed by atoms with Crippen molar-refractivity contribution >= 4 is 11.7 Å². The van der Waals surface area contributed by atoms with Crippen molar-refractivity contribution in [3.8, 4) is 5.75 Å². The van der Waals surface area contributed by atoms with Gasteiger partial charge in [0.25, 0.3) is 5.91 Å². The second-order valence-corrected chi connectivity index (χ2v) is 8.38. The van der Waals surface area contributed by atoms with Gasteiger partial charge in [0.05, 0.1) is 18.2 Å². The molecule has 1 saturated heterocycles. The Bertz CT molecular complexity index is 1190. The van der Waals surface area contributed by atoms with Crippen molar-refractivity contribution in [3.05, 3.63) is 62.8 Å². The zero-order chi connectivity index (χ0) is 22.7. The van der Waals surface area contributed by atoms with E-state index in [4.69, 9.17) is 4.74 Å². The van der Waals surface area contributed by atoms with Gasteiger partial charge in [-0.2, -0.15) is 0 Å². The maximum Gasteiger partial charge on any atom is 0.276 e. The standard InChI is InChI=1S/C22H19F3N2O5/c23-10-5-15(24)13(16(25)6-10)3-4-17(28)14-8-26-9-18-27(11-1-2-12(7-11)32-18)22(31)19(26)21(30)20(14)29/h5-6,8,11-12,18,30H,1-4,7,9H2/t11-,12+,18?/m0/s1. The highest BCUT2D eigenvalue weighted by molar-refractivity contribution is 6.00. The number of rotatable bonds is 4. The van der Waals surface area contributed by atoms with E-state index in [0.29, 0.717) is 18.6 Å². The van der Waals surface area contributed by atoms with Gasteiger partial charge in [-0.3, -0.25) is 14.4 Å². The molecule has 10 heteroatoms. The Kier molecular flexibility index (Phi) is 4.85. The number of amides is 1. The second kappa shape index (κ2) is 7.47. The fourth-order valence-corrected chi connectivity index (χ4v) is 4.94. The molecule has 1 N–H and O–H groups in total. The molecule has 1 unspecified atom stereocenters. The molecule has 168 valence electrons. The van der Waals surface area contributed by atoms with Crippen LogP contribution in [0.25, 0.3) is 0 Å². The van der Waals surface area contributed by atoms with E-state index in [1.807, 2.05) is 0 Å². The van der Waals surface area contributed by atoms with Crippen molar-refractivity contribution in [3.63, 3.8) is 0 Å². The molecule has 1 amide bonds. The number of halogens is 3. The van der Waals surface area contributed by atoms with Crippen LogP contribution >= 0.6 is 0 Å². The fraction of sp³-hybridized carbons (Fsp3) is 0.409. The van der Waals surface area contributed by atoms with E-state index in [1.54, 1.807) is 4.90 Å². The molecule has 32 heavy (non-hydrogen) atoms. The minimum absolute atomic E-state index is 0.0173. The predicted molar refractivity (Wildman–Crippen MR) is 104 cm³/mol. The molecule has 0 radical (unpaired) electrons.